The standard InChI is InChI=1S/C45H53N5O4.Co/c1-43(2,3)34-22-28(17-19-33-13-12-16-39(51)49-33)21-31(40(34)52)26-46-36-14-10-11-15-37(36)47-27-32-23-30(24-35(41(32)53)44(4,5)6)29-18-20-38(48-25-29)50-42(54)45(7,8)9;/h12-13,16,18,20-27,36-37,52-53H,10-11,14-15H2,1-9H3,(H,49,51)(H,48,50,54);/q;+2/p-2/t36-,37-;/m1./s1. The molecule has 4 aromatic rings. The van der Waals surface area contributed by atoms with E-state index in [1.807, 2.05) is 86.6 Å². The minimum absolute atomic E-state index is 0. The van der Waals surface area contributed by atoms with Gasteiger partial charge >= 0.3 is 16.8 Å². The topological polar surface area (TPSA) is 146 Å². The zero-order valence-electron chi connectivity index (χ0n) is 33.2. The summed E-state index contributed by atoms with van der Waals surface area (Å²) in [5.41, 5.74) is 3.40. The molecule has 2 aromatic carbocycles. The predicted octanol–water partition coefficient (Wildman–Crippen LogP) is 7.41. The summed E-state index contributed by atoms with van der Waals surface area (Å²) < 4.78 is 0. The fraction of sp³-hybridized carbons (Fsp3) is 0.400. The quantitative estimate of drug-likeness (QED) is 0.155. The van der Waals surface area contributed by atoms with Crippen LogP contribution in [0.4, 0.5) is 5.82 Å². The molecule has 2 atom stereocenters. The summed E-state index contributed by atoms with van der Waals surface area (Å²) in [5, 5.41) is 30.4. The molecule has 2 heterocycles. The van der Waals surface area contributed by atoms with Crippen LogP contribution in [-0.2, 0) is 32.4 Å². The number of carbonyl (C=O) groups excluding carboxylic acids is 1. The van der Waals surface area contributed by atoms with Crippen molar-refractivity contribution < 1.29 is 31.8 Å². The largest absolute Gasteiger partial charge is 2.00 e. The smallest absolute Gasteiger partial charge is 0.872 e. The Morgan fingerprint density at radius 3 is 1.91 bits per heavy atom. The predicted molar refractivity (Wildman–Crippen MR) is 215 cm³/mol. The number of hydrogen-bond donors (Lipinski definition) is 2. The number of anilines is 1. The van der Waals surface area contributed by atoms with E-state index in [-0.39, 0.29) is 51.8 Å². The van der Waals surface area contributed by atoms with Crippen LogP contribution in [0.5, 0.6) is 11.5 Å². The molecule has 1 amide bonds. The van der Waals surface area contributed by atoms with Crippen LogP contribution in [0.1, 0.15) is 122 Å². The van der Waals surface area contributed by atoms with Crippen molar-refractivity contribution in [1.82, 2.24) is 9.97 Å². The first-order chi connectivity index (χ1) is 25.3. The van der Waals surface area contributed by atoms with E-state index in [4.69, 9.17) is 9.98 Å². The molecule has 1 aliphatic carbocycles. The summed E-state index contributed by atoms with van der Waals surface area (Å²) in [7, 11) is 0. The third kappa shape index (κ3) is 11.1. The molecule has 10 heteroatoms. The van der Waals surface area contributed by atoms with Gasteiger partial charge in [0.1, 0.15) is 5.82 Å². The van der Waals surface area contributed by atoms with Gasteiger partial charge in [0.05, 0.1) is 17.8 Å². The van der Waals surface area contributed by atoms with Gasteiger partial charge in [-0.05, 0) is 93.8 Å². The molecule has 0 bridgehead atoms. The summed E-state index contributed by atoms with van der Waals surface area (Å²) >= 11 is 0. The van der Waals surface area contributed by atoms with E-state index >= 15 is 0 Å². The van der Waals surface area contributed by atoms with Crippen molar-refractivity contribution in [3.8, 4) is 34.5 Å². The van der Waals surface area contributed by atoms with Crippen molar-refractivity contribution in [2.75, 3.05) is 5.32 Å². The Morgan fingerprint density at radius 1 is 0.800 bits per heavy atom. The summed E-state index contributed by atoms with van der Waals surface area (Å²) in [6.45, 7) is 17.6. The molecule has 2 aromatic heterocycles. The fourth-order valence-corrected chi connectivity index (χ4v) is 6.24. The SMILES string of the molecule is CC(C)(C)C(=O)Nc1ccc(-c2cc(C=N[C@@H]3CCCC[C@H]3N=Cc3cc(C#Cc4cccc(=O)[nH]4)cc(C(C)(C)C)c3[O-])c([O-])c(C(C)(C)C)c2)cn1.[Co+2]. The molecular weight excluding hydrogens is 733 g/mol. The molecule has 1 aliphatic rings. The van der Waals surface area contributed by atoms with Gasteiger partial charge in [-0.1, -0.05) is 105 Å². The van der Waals surface area contributed by atoms with Gasteiger partial charge in [0.25, 0.3) is 0 Å². The van der Waals surface area contributed by atoms with Crippen LogP contribution in [0.25, 0.3) is 11.1 Å². The number of hydrogen-bond acceptors (Lipinski definition) is 7. The molecule has 0 spiro atoms. The van der Waals surface area contributed by atoms with E-state index in [0.29, 0.717) is 39.3 Å². The van der Waals surface area contributed by atoms with Crippen molar-refractivity contribution in [2.45, 2.75) is 111 Å². The minimum Gasteiger partial charge on any atom is -0.872 e. The molecule has 55 heavy (non-hydrogen) atoms. The first-order valence-corrected chi connectivity index (χ1v) is 18.6. The van der Waals surface area contributed by atoms with E-state index < -0.39 is 16.2 Å². The van der Waals surface area contributed by atoms with Crippen LogP contribution in [0.15, 0.2) is 75.6 Å². The molecule has 0 saturated heterocycles. The molecule has 0 aliphatic heterocycles. The second-order valence-electron chi connectivity index (χ2n) is 17.2. The number of H-pyrrole nitrogens is 1. The molecule has 9 nitrogen and oxygen atoms in total. The maximum absolute atomic E-state index is 13.8. The molecule has 5 rings (SSSR count). The number of rotatable bonds is 6. The maximum atomic E-state index is 13.8. The zero-order chi connectivity index (χ0) is 39.4. The number of amides is 1. The van der Waals surface area contributed by atoms with Gasteiger partial charge in [0.15, 0.2) is 0 Å². The van der Waals surface area contributed by atoms with E-state index in [1.165, 1.54) is 6.07 Å². The number of aromatic amines is 1. The minimum atomic E-state index is -0.551. The van der Waals surface area contributed by atoms with Gasteiger partial charge in [0.2, 0.25) is 11.5 Å². The average Bonchev–Trinajstić information content (AvgIpc) is 3.09. The third-order valence-electron chi connectivity index (χ3n) is 9.48. The van der Waals surface area contributed by atoms with Crippen LogP contribution in [0.2, 0.25) is 0 Å². The molecule has 1 fully saturated rings. The summed E-state index contributed by atoms with van der Waals surface area (Å²) in [6, 6.07) is 15.5. The van der Waals surface area contributed by atoms with Gasteiger partial charge in [-0.15, -0.1) is 0 Å². The van der Waals surface area contributed by atoms with Gasteiger partial charge in [0, 0.05) is 41.2 Å². The van der Waals surface area contributed by atoms with Crippen LogP contribution in [-0.4, -0.2) is 40.4 Å². The number of nitrogens with zero attached hydrogens (tertiary/aromatic N) is 3. The van der Waals surface area contributed by atoms with Gasteiger partial charge in [-0.3, -0.25) is 19.6 Å². The normalized spacial score (nSPS) is 16.4. The monoisotopic (exact) mass is 784 g/mol. The van der Waals surface area contributed by atoms with Crippen LogP contribution < -0.4 is 21.1 Å². The van der Waals surface area contributed by atoms with Crippen molar-refractivity contribution in [3.63, 3.8) is 0 Å². The van der Waals surface area contributed by atoms with Crippen molar-refractivity contribution >= 4 is 24.2 Å². The Bertz CT molecular complexity index is 2190. The number of carbonyl (C=O) groups is 1. The first-order valence-electron chi connectivity index (χ1n) is 18.6. The fourth-order valence-electron chi connectivity index (χ4n) is 6.24. The van der Waals surface area contributed by atoms with Crippen molar-refractivity contribution in [1.29, 1.82) is 0 Å². The molecule has 0 unspecified atom stereocenters. The number of nitrogens with one attached hydrogen (secondary N) is 2. The van der Waals surface area contributed by atoms with Crippen LogP contribution >= 0.6 is 0 Å². The van der Waals surface area contributed by atoms with Gasteiger partial charge in [-0.2, -0.15) is 0 Å². The Labute approximate surface area is 335 Å². The second-order valence-corrected chi connectivity index (χ2v) is 17.2. The first kappa shape index (κ1) is 42.8. The molecule has 289 valence electrons. The summed E-state index contributed by atoms with van der Waals surface area (Å²) in [5.74, 6) is 6.28. The molecule has 2 N–H and O–H groups in total. The third-order valence-corrected chi connectivity index (χ3v) is 9.48. The van der Waals surface area contributed by atoms with Gasteiger partial charge < -0.3 is 20.5 Å². The van der Waals surface area contributed by atoms with E-state index in [9.17, 15) is 19.8 Å². The van der Waals surface area contributed by atoms with Crippen LogP contribution in [0, 0.1) is 17.3 Å². The molecule has 1 saturated carbocycles. The van der Waals surface area contributed by atoms with Crippen molar-refractivity contribution in [3.05, 3.63) is 105 Å². The molecule has 1 radical (unpaired) electrons. The Morgan fingerprint density at radius 2 is 1.38 bits per heavy atom. The average molecular weight is 785 g/mol. The van der Waals surface area contributed by atoms with E-state index in [2.05, 4.69) is 27.1 Å². The Kier molecular flexibility index (Phi) is 13.4. The van der Waals surface area contributed by atoms with Crippen LogP contribution in [0.3, 0.4) is 0 Å². The zero-order valence-corrected chi connectivity index (χ0v) is 34.3. The number of benzene rings is 2. The van der Waals surface area contributed by atoms with Gasteiger partial charge in [-0.25, -0.2) is 4.98 Å². The van der Waals surface area contributed by atoms with E-state index in [1.54, 1.807) is 42.9 Å². The number of pyridine rings is 2. The Balaban J connectivity index is 0.00000673. The summed E-state index contributed by atoms with van der Waals surface area (Å²) in [4.78, 5) is 41.4. The van der Waals surface area contributed by atoms with Crippen molar-refractivity contribution in [2.24, 2.45) is 15.4 Å². The number of aromatic nitrogens is 2. The number of aliphatic imine (C=N–C) groups is 2. The van der Waals surface area contributed by atoms with E-state index in [0.717, 1.165) is 36.8 Å². The second kappa shape index (κ2) is 17.2. The molecular formula is C45H51CoN5O4. The summed E-state index contributed by atoms with van der Waals surface area (Å²) in [6.07, 6.45) is 8.64. The Hall–Kier alpha value is -4.98. The maximum Gasteiger partial charge on any atom is 2.00 e.